The Bertz CT molecular complexity index is 469. The van der Waals surface area contributed by atoms with Gasteiger partial charge in [0.15, 0.2) is 0 Å². The predicted octanol–water partition coefficient (Wildman–Crippen LogP) is 1.49. The summed E-state index contributed by atoms with van der Waals surface area (Å²) in [5.74, 6) is 0.419. The van der Waals surface area contributed by atoms with Crippen LogP contribution < -0.4 is 5.59 Å². The average Bonchev–Trinajstić information content (AvgIpc) is 2.46. The van der Waals surface area contributed by atoms with Crippen LogP contribution in [0.15, 0.2) is 18.2 Å². The zero-order valence-electron chi connectivity index (χ0n) is 12.0. The van der Waals surface area contributed by atoms with Crippen molar-refractivity contribution in [3.8, 4) is 0 Å². The van der Waals surface area contributed by atoms with Crippen molar-refractivity contribution in [3.63, 3.8) is 0 Å². The van der Waals surface area contributed by atoms with Gasteiger partial charge in [0.25, 0.3) is 0 Å². The van der Waals surface area contributed by atoms with Crippen molar-refractivity contribution >= 4 is 12.7 Å². The van der Waals surface area contributed by atoms with Crippen molar-refractivity contribution in [3.05, 3.63) is 23.9 Å². The van der Waals surface area contributed by atoms with E-state index in [1.165, 1.54) is 0 Å². The lowest BCUT2D eigenvalue weighted by atomic mass is 9.83. The number of hydrogen-bond acceptors (Lipinski definition) is 4. The predicted molar refractivity (Wildman–Crippen MR) is 73.5 cm³/mol. The zero-order valence-corrected chi connectivity index (χ0v) is 12.0. The molecule has 0 saturated carbocycles. The fourth-order valence-corrected chi connectivity index (χ4v) is 2.20. The summed E-state index contributed by atoms with van der Waals surface area (Å²) in [5.41, 5.74) is 1.27. The van der Waals surface area contributed by atoms with Crippen molar-refractivity contribution in [2.45, 2.75) is 44.8 Å². The second-order valence-electron chi connectivity index (χ2n) is 6.31. The third kappa shape index (κ3) is 2.20. The number of aromatic nitrogens is 1. The van der Waals surface area contributed by atoms with Crippen LogP contribution in [0.3, 0.4) is 0 Å². The Morgan fingerprint density at radius 2 is 1.74 bits per heavy atom. The molecule has 0 amide bonds. The van der Waals surface area contributed by atoms with Crippen LogP contribution >= 0.6 is 0 Å². The van der Waals surface area contributed by atoms with Crippen LogP contribution in [0.2, 0.25) is 0 Å². The SMILES string of the molecule is CC1(C)OB(c2cccc(C3COC3)n2)OC1(C)C. The van der Waals surface area contributed by atoms with Gasteiger partial charge in [-0.2, -0.15) is 0 Å². The maximum Gasteiger partial charge on any atom is 0.514 e. The Hall–Kier alpha value is -0.905. The third-order valence-corrected chi connectivity index (χ3v) is 4.34. The largest absolute Gasteiger partial charge is 0.514 e. The van der Waals surface area contributed by atoms with Crippen LogP contribution in [0.25, 0.3) is 0 Å². The smallest absolute Gasteiger partial charge is 0.398 e. The Balaban J connectivity index is 1.83. The van der Waals surface area contributed by atoms with Crippen LogP contribution in [-0.2, 0) is 14.0 Å². The molecule has 0 bridgehead atoms. The number of hydrogen-bond donors (Lipinski definition) is 0. The summed E-state index contributed by atoms with van der Waals surface area (Å²) in [6.45, 7) is 9.74. The van der Waals surface area contributed by atoms with Crippen molar-refractivity contribution < 1.29 is 14.0 Å². The quantitative estimate of drug-likeness (QED) is 0.756. The summed E-state index contributed by atoms with van der Waals surface area (Å²) < 4.78 is 17.3. The lowest BCUT2D eigenvalue weighted by Crippen LogP contribution is -2.41. The van der Waals surface area contributed by atoms with Gasteiger partial charge in [0.05, 0.1) is 30.0 Å². The lowest BCUT2D eigenvalue weighted by molar-refractivity contribution is 0.00578. The Morgan fingerprint density at radius 1 is 1.11 bits per heavy atom. The molecule has 0 radical (unpaired) electrons. The first-order valence-corrected chi connectivity index (χ1v) is 6.79. The molecule has 2 aliphatic rings. The molecule has 1 aromatic heterocycles. The molecule has 0 aliphatic carbocycles. The van der Waals surface area contributed by atoms with E-state index in [1.54, 1.807) is 0 Å². The minimum absolute atomic E-state index is 0.324. The molecular weight excluding hydrogens is 241 g/mol. The van der Waals surface area contributed by atoms with Gasteiger partial charge in [-0.3, -0.25) is 4.98 Å². The molecule has 0 spiro atoms. The van der Waals surface area contributed by atoms with Crippen molar-refractivity contribution in [1.82, 2.24) is 4.98 Å². The van der Waals surface area contributed by atoms with E-state index >= 15 is 0 Å². The first kappa shape index (κ1) is 13.1. The highest BCUT2D eigenvalue weighted by Crippen LogP contribution is 2.36. The van der Waals surface area contributed by atoms with Gasteiger partial charge < -0.3 is 14.0 Å². The van der Waals surface area contributed by atoms with Gasteiger partial charge in [0.1, 0.15) is 0 Å². The molecule has 2 aliphatic heterocycles. The van der Waals surface area contributed by atoms with E-state index in [9.17, 15) is 0 Å². The van der Waals surface area contributed by atoms with E-state index in [2.05, 4.69) is 32.7 Å². The minimum atomic E-state index is -0.383. The van der Waals surface area contributed by atoms with Crippen molar-refractivity contribution in [2.75, 3.05) is 13.2 Å². The standard InChI is InChI=1S/C14H20BNO3/c1-13(2)14(3,4)19-15(18-13)12-7-5-6-11(16-12)10-8-17-9-10/h5-7,10H,8-9H2,1-4H3. The molecule has 5 heteroatoms. The zero-order chi connectivity index (χ0) is 13.7. The maximum atomic E-state index is 6.02. The van der Waals surface area contributed by atoms with E-state index in [0.717, 1.165) is 24.5 Å². The summed E-state index contributed by atoms with van der Waals surface area (Å²) in [6.07, 6.45) is 0. The molecule has 2 saturated heterocycles. The van der Waals surface area contributed by atoms with Gasteiger partial charge in [-0.15, -0.1) is 0 Å². The highest BCUT2D eigenvalue weighted by Gasteiger charge is 2.52. The molecule has 102 valence electrons. The van der Waals surface area contributed by atoms with Crippen LogP contribution in [0.4, 0.5) is 0 Å². The van der Waals surface area contributed by atoms with Crippen molar-refractivity contribution in [2.24, 2.45) is 0 Å². The first-order chi connectivity index (χ1) is 8.89. The monoisotopic (exact) mass is 261 g/mol. The van der Waals surface area contributed by atoms with Crippen LogP contribution in [0, 0.1) is 0 Å². The summed E-state index contributed by atoms with van der Waals surface area (Å²) in [7, 11) is -0.383. The first-order valence-electron chi connectivity index (χ1n) is 6.79. The summed E-state index contributed by atoms with van der Waals surface area (Å²) in [5, 5.41) is 0. The van der Waals surface area contributed by atoms with E-state index in [0.29, 0.717) is 5.92 Å². The second-order valence-corrected chi connectivity index (χ2v) is 6.31. The fraction of sp³-hybridized carbons (Fsp3) is 0.643. The molecule has 2 fully saturated rings. The highest BCUT2D eigenvalue weighted by molar-refractivity contribution is 6.61. The van der Waals surface area contributed by atoms with Gasteiger partial charge in [0, 0.05) is 11.6 Å². The Labute approximate surface area is 114 Å². The highest BCUT2D eigenvalue weighted by atomic mass is 16.7. The maximum absolute atomic E-state index is 6.02. The van der Waals surface area contributed by atoms with E-state index in [-0.39, 0.29) is 18.3 Å². The second kappa shape index (κ2) is 4.30. The van der Waals surface area contributed by atoms with Crippen LogP contribution in [0.5, 0.6) is 0 Å². The van der Waals surface area contributed by atoms with Gasteiger partial charge in [-0.25, -0.2) is 0 Å². The van der Waals surface area contributed by atoms with E-state index in [4.69, 9.17) is 14.0 Å². The van der Waals surface area contributed by atoms with E-state index in [1.807, 2.05) is 18.2 Å². The normalized spacial score (nSPS) is 25.4. The van der Waals surface area contributed by atoms with Gasteiger partial charge in [0.2, 0.25) is 0 Å². The van der Waals surface area contributed by atoms with E-state index < -0.39 is 0 Å². The summed E-state index contributed by atoms with van der Waals surface area (Å²) >= 11 is 0. The third-order valence-electron chi connectivity index (χ3n) is 4.34. The van der Waals surface area contributed by atoms with Crippen LogP contribution in [0.1, 0.15) is 39.3 Å². The Kier molecular flexibility index (Phi) is 2.96. The molecule has 1 aromatic rings. The molecule has 3 rings (SSSR count). The number of ether oxygens (including phenoxy) is 1. The summed E-state index contributed by atoms with van der Waals surface area (Å²) in [6, 6.07) is 6.02. The van der Waals surface area contributed by atoms with Crippen molar-refractivity contribution in [1.29, 1.82) is 0 Å². The summed E-state index contributed by atoms with van der Waals surface area (Å²) in [4.78, 5) is 4.68. The molecule has 4 nitrogen and oxygen atoms in total. The molecule has 0 unspecified atom stereocenters. The number of pyridine rings is 1. The Morgan fingerprint density at radius 3 is 2.26 bits per heavy atom. The van der Waals surface area contributed by atoms with Gasteiger partial charge >= 0.3 is 7.12 Å². The lowest BCUT2D eigenvalue weighted by Gasteiger charge is -2.32. The molecule has 0 atom stereocenters. The molecule has 3 heterocycles. The topological polar surface area (TPSA) is 40.6 Å². The molecule has 0 aromatic carbocycles. The minimum Gasteiger partial charge on any atom is -0.398 e. The molecule has 0 N–H and O–H groups in total. The molecule has 19 heavy (non-hydrogen) atoms. The number of rotatable bonds is 2. The van der Waals surface area contributed by atoms with Gasteiger partial charge in [-0.1, -0.05) is 6.07 Å². The van der Waals surface area contributed by atoms with Crippen LogP contribution in [-0.4, -0.2) is 36.5 Å². The molecular formula is C14H20BNO3. The van der Waals surface area contributed by atoms with Gasteiger partial charge in [-0.05, 0) is 39.8 Å². The number of nitrogens with zero attached hydrogens (tertiary/aromatic N) is 1. The average molecular weight is 261 g/mol. The fourth-order valence-electron chi connectivity index (χ4n) is 2.20.